The van der Waals surface area contributed by atoms with E-state index in [0.717, 1.165) is 25.1 Å². The number of nitrogens with two attached hydrogens (primary N) is 2. The SMILES string of the molecule is CC(=O)N1CCCC(NN)=C(N)C1. The summed E-state index contributed by atoms with van der Waals surface area (Å²) in [6, 6.07) is 0. The molecular formula is C8H16N4O. The Morgan fingerprint density at radius 2 is 2.31 bits per heavy atom. The van der Waals surface area contributed by atoms with Crippen molar-refractivity contribution in [2.75, 3.05) is 13.1 Å². The van der Waals surface area contributed by atoms with Crippen LogP contribution in [0.15, 0.2) is 11.4 Å². The first-order valence-electron chi connectivity index (χ1n) is 4.34. The summed E-state index contributed by atoms with van der Waals surface area (Å²) in [6.07, 6.45) is 1.71. The molecule has 0 saturated carbocycles. The van der Waals surface area contributed by atoms with Gasteiger partial charge in [0.05, 0.1) is 6.54 Å². The van der Waals surface area contributed by atoms with Gasteiger partial charge in [-0.1, -0.05) is 0 Å². The van der Waals surface area contributed by atoms with Gasteiger partial charge in [0.2, 0.25) is 5.91 Å². The van der Waals surface area contributed by atoms with E-state index in [1.807, 2.05) is 0 Å². The topological polar surface area (TPSA) is 84.4 Å². The number of amides is 1. The number of hydrazine groups is 1. The van der Waals surface area contributed by atoms with Gasteiger partial charge in [-0.3, -0.25) is 10.6 Å². The Bertz CT molecular complexity index is 236. The van der Waals surface area contributed by atoms with E-state index in [1.54, 1.807) is 11.8 Å². The molecule has 1 amide bonds. The van der Waals surface area contributed by atoms with Crippen molar-refractivity contribution in [2.24, 2.45) is 11.6 Å². The Balaban J connectivity index is 2.71. The van der Waals surface area contributed by atoms with Gasteiger partial charge in [0.25, 0.3) is 0 Å². The third-order valence-corrected chi connectivity index (χ3v) is 2.22. The number of rotatable bonds is 1. The molecule has 0 unspecified atom stereocenters. The normalized spacial score (nSPS) is 18.5. The van der Waals surface area contributed by atoms with Gasteiger partial charge in [-0.05, 0) is 12.8 Å². The molecule has 0 radical (unpaired) electrons. The van der Waals surface area contributed by atoms with Crippen LogP contribution in [0.5, 0.6) is 0 Å². The summed E-state index contributed by atoms with van der Waals surface area (Å²) < 4.78 is 0. The molecule has 74 valence electrons. The van der Waals surface area contributed by atoms with Crippen molar-refractivity contribution in [3.05, 3.63) is 11.4 Å². The van der Waals surface area contributed by atoms with E-state index in [2.05, 4.69) is 5.43 Å². The van der Waals surface area contributed by atoms with Gasteiger partial charge in [-0.15, -0.1) is 0 Å². The molecule has 1 heterocycles. The molecular weight excluding hydrogens is 168 g/mol. The summed E-state index contributed by atoms with van der Waals surface area (Å²) in [4.78, 5) is 12.8. The van der Waals surface area contributed by atoms with Crippen LogP contribution in [0.1, 0.15) is 19.8 Å². The first-order chi connectivity index (χ1) is 6.15. The third-order valence-electron chi connectivity index (χ3n) is 2.22. The monoisotopic (exact) mass is 184 g/mol. The lowest BCUT2D eigenvalue weighted by molar-refractivity contribution is -0.128. The lowest BCUT2D eigenvalue weighted by atomic mass is 10.2. The summed E-state index contributed by atoms with van der Waals surface area (Å²) in [6.45, 7) is 2.78. The quantitative estimate of drug-likeness (QED) is 0.370. The summed E-state index contributed by atoms with van der Waals surface area (Å²) in [7, 11) is 0. The number of carbonyl (C=O) groups is 1. The maximum atomic E-state index is 11.1. The predicted molar refractivity (Wildman–Crippen MR) is 50.0 cm³/mol. The van der Waals surface area contributed by atoms with Gasteiger partial charge in [0.1, 0.15) is 0 Å². The molecule has 0 aromatic carbocycles. The maximum Gasteiger partial charge on any atom is 0.219 e. The van der Waals surface area contributed by atoms with Crippen molar-refractivity contribution in [1.82, 2.24) is 10.3 Å². The molecule has 5 nitrogen and oxygen atoms in total. The summed E-state index contributed by atoms with van der Waals surface area (Å²) >= 11 is 0. The Morgan fingerprint density at radius 1 is 1.62 bits per heavy atom. The molecule has 0 aromatic rings. The van der Waals surface area contributed by atoms with E-state index < -0.39 is 0 Å². The van der Waals surface area contributed by atoms with E-state index in [-0.39, 0.29) is 5.91 Å². The highest BCUT2D eigenvalue weighted by molar-refractivity contribution is 5.73. The van der Waals surface area contributed by atoms with Crippen LogP contribution in [0.2, 0.25) is 0 Å². The molecule has 1 aliphatic rings. The number of hydrogen-bond donors (Lipinski definition) is 3. The minimum Gasteiger partial charge on any atom is -0.399 e. The Kier molecular flexibility index (Phi) is 3.13. The highest BCUT2D eigenvalue weighted by Gasteiger charge is 2.15. The van der Waals surface area contributed by atoms with Crippen LogP contribution < -0.4 is 17.0 Å². The minimum atomic E-state index is 0.0567. The number of carbonyl (C=O) groups excluding carboxylic acids is 1. The number of nitrogens with one attached hydrogen (secondary N) is 1. The molecule has 0 saturated heterocycles. The molecule has 13 heavy (non-hydrogen) atoms. The van der Waals surface area contributed by atoms with Gasteiger partial charge in [-0.2, -0.15) is 0 Å². The van der Waals surface area contributed by atoms with E-state index >= 15 is 0 Å². The first kappa shape index (κ1) is 9.85. The van der Waals surface area contributed by atoms with Crippen molar-refractivity contribution in [3.8, 4) is 0 Å². The van der Waals surface area contributed by atoms with E-state index in [0.29, 0.717) is 12.2 Å². The van der Waals surface area contributed by atoms with Gasteiger partial charge in [0, 0.05) is 24.9 Å². The van der Waals surface area contributed by atoms with Crippen LogP contribution in [0.25, 0.3) is 0 Å². The largest absolute Gasteiger partial charge is 0.399 e. The minimum absolute atomic E-state index is 0.0567. The number of hydrogen-bond acceptors (Lipinski definition) is 4. The maximum absolute atomic E-state index is 11.1. The predicted octanol–water partition coefficient (Wildman–Crippen LogP) is -0.738. The van der Waals surface area contributed by atoms with Gasteiger partial charge < -0.3 is 16.1 Å². The van der Waals surface area contributed by atoms with Crippen LogP contribution in [0.4, 0.5) is 0 Å². The fourth-order valence-corrected chi connectivity index (χ4v) is 1.42. The molecule has 1 aliphatic heterocycles. The van der Waals surface area contributed by atoms with Gasteiger partial charge in [-0.25, -0.2) is 0 Å². The zero-order chi connectivity index (χ0) is 9.84. The van der Waals surface area contributed by atoms with Crippen LogP contribution >= 0.6 is 0 Å². The average Bonchev–Trinajstić information content (AvgIpc) is 2.26. The van der Waals surface area contributed by atoms with Crippen molar-refractivity contribution in [2.45, 2.75) is 19.8 Å². The molecule has 1 rings (SSSR count). The van der Waals surface area contributed by atoms with Crippen molar-refractivity contribution in [1.29, 1.82) is 0 Å². The molecule has 0 atom stereocenters. The summed E-state index contributed by atoms with van der Waals surface area (Å²) in [5, 5.41) is 0. The van der Waals surface area contributed by atoms with E-state index in [9.17, 15) is 4.79 Å². The lowest BCUT2D eigenvalue weighted by Gasteiger charge is -2.18. The fourth-order valence-electron chi connectivity index (χ4n) is 1.42. The Morgan fingerprint density at radius 3 is 2.85 bits per heavy atom. The van der Waals surface area contributed by atoms with E-state index in [4.69, 9.17) is 11.6 Å². The second-order valence-corrected chi connectivity index (χ2v) is 3.19. The van der Waals surface area contributed by atoms with Crippen LogP contribution in [-0.4, -0.2) is 23.9 Å². The van der Waals surface area contributed by atoms with Crippen molar-refractivity contribution in [3.63, 3.8) is 0 Å². The fraction of sp³-hybridized carbons (Fsp3) is 0.625. The summed E-state index contributed by atoms with van der Waals surface area (Å²) in [5.41, 5.74) is 9.84. The highest BCUT2D eigenvalue weighted by Crippen LogP contribution is 2.11. The standard InChI is InChI=1S/C8H16N4O/c1-6(13)12-4-2-3-8(11-10)7(9)5-12/h11H,2-5,9-10H2,1H3. The van der Waals surface area contributed by atoms with Gasteiger partial charge >= 0.3 is 0 Å². The van der Waals surface area contributed by atoms with Crippen LogP contribution in [0, 0.1) is 0 Å². The molecule has 0 spiro atoms. The smallest absolute Gasteiger partial charge is 0.219 e. The Labute approximate surface area is 77.7 Å². The van der Waals surface area contributed by atoms with E-state index in [1.165, 1.54) is 0 Å². The number of nitrogens with zero attached hydrogens (tertiary/aromatic N) is 1. The lowest BCUT2D eigenvalue weighted by Crippen LogP contribution is -2.33. The molecule has 0 aliphatic carbocycles. The molecule has 0 fully saturated rings. The second-order valence-electron chi connectivity index (χ2n) is 3.19. The second kappa shape index (κ2) is 4.13. The first-order valence-corrected chi connectivity index (χ1v) is 4.34. The van der Waals surface area contributed by atoms with Crippen molar-refractivity contribution >= 4 is 5.91 Å². The average molecular weight is 184 g/mol. The third kappa shape index (κ3) is 2.35. The molecule has 5 N–H and O–H groups in total. The molecule has 0 bridgehead atoms. The summed E-state index contributed by atoms with van der Waals surface area (Å²) in [5.74, 6) is 5.35. The van der Waals surface area contributed by atoms with Crippen molar-refractivity contribution < 1.29 is 4.79 Å². The zero-order valence-corrected chi connectivity index (χ0v) is 7.84. The number of allylic oxidation sites excluding steroid dienone is 1. The van der Waals surface area contributed by atoms with Crippen LogP contribution in [0.3, 0.4) is 0 Å². The zero-order valence-electron chi connectivity index (χ0n) is 7.84. The van der Waals surface area contributed by atoms with Gasteiger partial charge in [0.15, 0.2) is 0 Å². The highest BCUT2D eigenvalue weighted by atomic mass is 16.2. The molecule has 0 aromatic heterocycles. The van der Waals surface area contributed by atoms with Crippen LogP contribution in [-0.2, 0) is 4.79 Å². The Hall–Kier alpha value is -1.23. The molecule has 5 heteroatoms.